The molecule has 1 heterocycles. The predicted molar refractivity (Wildman–Crippen MR) is 88.1 cm³/mol. The lowest BCUT2D eigenvalue weighted by atomic mass is 10.1. The molecule has 0 aliphatic heterocycles. The van der Waals surface area contributed by atoms with E-state index in [4.69, 9.17) is 4.74 Å². The quantitative estimate of drug-likeness (QED) is 0.659. The molecule has 0 aliphatic rings. The molecule has 4 nitrogen and oxygen atoms in total. The van der Waals surface area contributed by atoms with Crippen molar-refractivity contribution in [3.8, 4) is 5.69 Å². The molecule has 3 rings (SSSR count). The molecule has 0 N–H and O–H groups in total. The number of carbonyl (C=O) groups excluding carboxylic acids is 1. The van der Waals surface area contributed by atoms with E-state index in [1.165, 1.54) is 6.92 Å². The van der Waals surface area contributed by atoms with Crippen molar-refractivity contribution in [2.75, 3.05) is 0 Å². The maximum absolute atomic E-state index is 13.7. The Morgan fingerprint density at radius 3 is 2.72 bits per heavy atom. The summed E-state index contributed by atoms with van der Waals surface area (Å²) in [4.78, 5) is 12.1. The molecular weight excluding hydrogens is 326 g/mol. The largest absolute Gasteiger partial charge is 0.457 e. The van der Waals surface area contributed by atoms with Gasteiger partial charge in [-0.1, -0.05) is 18.2 Å². The first-order valence-corrected chi connectivity index (χ1v) is 7.76. The Balaban J connectivity index is 1.65. The molecular formula is C19H16F2N2O2. The van der Waals surface area contributed by atoms with E-state index in [2.05, 4.69) is 5.10 Å². The maximum atomic E-state index is 13.7. The number of rotatable bonds is 5. The van der Waals surface area contributed by atoms with Crippen LogP contribution in [-0.4, -0.2) is 15.7 Å². The summed E-state index contributed by atoms with van der Waals surface area (Å²) in [6.07, 6.45) is 2.41. The molecule has 128 valence electrons. The van der Waals surface area contributed by atoms with Crippen LogP contribution in [0.2, 0.25) is 0 Å². The Morgan fingerprint density at radius 2 is 1.96 bits per heavy atom. The molecule has 0 aliphatic carbocycles. The molecule has 0 radical (unpaired) electrons. The van der Waals surface area contributed by atoms with Crippen LogP contribution >= 0.6 is 0 Å². The summed E-state index contributed by atoms with van der Waals surface area (Å²) in [6, 6.07) is 12.5. The van der Waals surface area contributed by atoms with Crippen LogP contribution in [0.1, 0.15) is 24.2 Å². The van der Waals surface area contributed by atoms with Crippen molar-refractivity contribution in [1.29, 1.82) is 0 Å². The van der Waals surface area contributed by atoms with Crippen molar-refractivity contribution in [3.05, 3.63) is 83.7 Å². The number of carbonyl (C=O) groups is 1. The molecule has 3 aromatic rings. The summed E-state index contributed by atoms with van der Waals surface area (Å²) >= 11 is 0. The van der Waals surface area contributed by atoms with Crippen LogP contribution in [0, 0.1) is 11.6 Å². The van der Waals surface area contributed by atoms with Gasteiger partial charge in [0, 0.05) is 17.3 Å². The number of halogens is 2. The number of aromatic nitrogens is 2. The van der Waals surface area contributed by atoms with E-state index < -0.39 is 23.7 Å². The Hall–Kier alpha value is -3.02. The molecule has 0 bridgehead atoms. The van der Waals surface area contributed by atoms with Crippen molar-refractivity contribution in [1.82, 2.24) is 9.78 Å². The number of benzene rings is 2. The average Bonchev–Trinajstić information content (AvgIpc) is 3.06. The number of esters is 1. The first-order chi connectivity index (χ1) is 12.0. The van der Waals surface area contributed by atoms with Crippen LogP contribution in [0.5, 0.6) is 0 Å². The SMILES string of the molecule is CC(OC(=O)Cc1cnn(-c2ccccc2)c1)c1cc(F)ccc1F. The molecule has 1 aromatic heterocycles. The third-order valence-corrected chi connectivity index (χ3v) is 3.71. The van der Waals surface area contributed by atoms with E-state index >= 15 is 0 Å². The summed E-state index contributed by atoms with van der Waals surface area (Å²) in [5.74, 6) is -1.73. The van der Waals surface area contributed by atoms with Crippen molar-refractivity contribution < 1.29 is 18.3 Å². The highest BCUT2D eigenvalue weighted by Crippen LogP contribution is 2.22. The number of hydrogen-bond acceptors (Lipinski definition) is 3. The summed E-state index contributed by atoms with van der Waals surface area (Å²) < 4.78 is 33.8. The lowest BCUT2D eigenvalue weighted by molar-refractivity contribution is -0.147. The van der Waals surface area contributed by atoms with Crippen molar-refractivity contribution in [2.45, 2.75) is 19.4 Å². The fraction of sp³-hybridized carbons (Fsp3) is 0.158. The lowest BCUT2D eigenvalue weighted by Crippen LogP contribution is -2.12. The Bertz CT molecular complexity index is 878. The van der Waals surface area contributed by atoms with Crippen molar-refractivity contribution in [2.24, 2.45) is 0 Å². The minimum absolute atomic E-state index is 0.00584. The summed E-state index contributed by atoms with van der Waals surface area (Å²) in [5, 5.41) is 4.20. The minimum Gasteiger partial charge on any atom is -0.457 e. The van der Waals surface area contributed by atoms with Crippen LogP contribution in [0.3, 0.4) is 0 Å². The number of hydrogen-bond donors (Lipinski definition) is 0. The third-order valence-electron chi connectivity index (χ3n) is 3.71. The second-order valence-corrected chi connectivity index (χ2v) is 5.60. The second kappa shape index (κ2) is 7.25. The molecule has 2 aromatic carbocycles. The summed E-state index contributed by atoms with van der Waals surface area (Å²) in [5.41, 5.74) is 1.55. The van der Waals surface area contributed by atoms with Gasteiger partial charge in [0.25, 0.3) is 0 Å². The topological polar surface area (TPSA) is 44.1 Å². The van der Waals surface area contributed by atoms with Gasteiger partial charge >= 0.3 is 5.97 Å². The smallest absolute Gasteiger partial charge is 0.310 e. The highest BCUT2D eigenvalue weighted by Gasteiger charge is 2.17. The Kier molecular flexibility index (Phi) is 4.88. The van der Waals surface area contributed by atoms with Gasteiger partial charge in [-0.25, -0.2) is 13.5 Å². The lowest BCUT2D eigenvalue weighted by Gasteiger charge is -2.14. The maximum Gasteiger partial charge on any atom is 0.310 e. The number of para-hydroxylation sites is 1. The monoisotopic (exact) mass is 342 g/mol. The van der Waals surface area contributed by atoms with Gasteiger partial charge < -0.3 is 4.74 Å². The summed E-state index contributed by atoms with van der Waals surface area (Å²) in [6.45, 7) is 1.50. The van der Waals surface area contributed by atoms with E-state index in [-0.39, 0.29) is 12.0 Å². The molecule has 6 heteroatoms. The van der Waals surface area contributed by atoms with Gasteiger partial charge in [-0.05, 0) is 37.3 Å². The third kappa shape index (κ3) is 4.09. The molecule has 0 saturated carbocycles. The van der Waals surface area contributed by atoms with E-state index in [1.54, 1.807) is 17.1 Å². The first-order valence-electron chi connectivity index (χ1n) is 7.76. The van der Waals surface area contributed by atoms with E-state index in [1.807, 2.05) is 30.3 Å². The van der Waals surface area contributed by atoms with E-state index in [9.17, 15) is 13.6 Å². The standard InChI is InChI=1S/C19H16F2N2O2/c1-13(17-10-15(20)7-8-18(17)21)25-19(24)9-14-11-22-23(12-14)16-5-3-2-4-6-16/h2-8,10-13H,9H2,1H3. The van der Waals surface area contributed by atoms with Crippen LogP contribution in [-0.2, 0) is 16.0 Å². The van der Waals surface area contributed by atoms with Crippen molar-refractivity contribution in [3.63, 3.8) is 0 Å². The predicted octanol–water partition coefficient (Wildman–Crippen LogP) is 4.00. The van der Waals surface area contributed by atoms with Gasteiger partial charge in [-0.15, -0.1) is 0 Å². The van der Waals surface area contributed by atoms with Crippen LogP contribution < -0.4 is 0 Å². The van der Waals surface area contributed by atoms with E-state index in [0.29, 0.717) is 5.56 Å². The zero-order valence-electron chi connectivity index (χ0n) is 13.5. The normalized spacial score (nSPS) is 12.0. The van der Waals surface area contributed by atoms with Crippen molar-refractivity contribution >= 4 is 5.97 Å². The van der Waals surface area contributed by atoms with Gasteiger partial charge in [0.1, 0.15) is 17.7 Å². The van der Waals surface area contributed by atoms with Crippen LogP contribution in [0.4, 0.5) is 8.78 Å². The Labute approximate surface area is 143 Å². The highest BCUT2D eigenvalue weighted by molar-refractivity contribution is 5.72. The van der Waals surface area contributed by atoms with Gasteiger partial charge in [0.05, 0.1) is 18.3 Å². The fourth-order valence-corrected chi connectivity index (χ4v) is 2.47. The van der Waals surface area contributed by atoms with Gasteiger partial charge in [-0.2, -0.15) is 5.10 Å². The Morgan fingerprint density at radius 1 is 1.20 bits per heavy atom. The molecule has 0 saturated heterocycles. The van der Waals surface area contributed by atoms with Gasteiger partial charge in [-0.3, -0.25) is 4.79 Å². The van der Waals surface area contributed by atoms with Crippen LogP contribution in [0.25, 0.3) is 5.69 Å². The fourth-order valence-electron chi connectivity index (χ4n) is 2.47. The van der Waals surface area contributed by atoms with Gasteiger partial charge in [0.2, 0.25) is 0 Å². The average molecular weight is 342 g/mol. The second-order valence-electron chi connectivity index (χ2n) is 5.60. The molecule has 0 amide bonds. The zero-order chi connectivity index (χ0) is 17.8. The molecule has 1 atom stereocenters. The minimum atomic E-state index is -0.882. The zero-order valence-corrected chi connectivity index (χ0v) is 13.5. The summed E-state index contributed by atoms with van der Waals surface area (Å²) in [7, 11) is 0. The first kappa shape index (κ1) is 16.8. The molecule has 1 unspecified atom stereocenters. The molecule has 0 fully saturated rings. The number of ether oxygens (including phenoxy) is 1. The number of nitrogens with zero attached hydrogens (tertiary/aromatic N) is 2. The highest BCUT2D eigenvalue weighted by atomic mass is 19.1. The van der Waals surface area contributed by atoms with Crippen LogP contribution in [0.15, 0.2) is 60.9 Å². The van der Waals surface area contributed by atoms with E-state index in [0.717, 1.165) is 23.9 Å². The van der Waals surface area contributed by atoms with Gasteiger partial charge in [0.15, 0.2) is 0 Å². The molecule has 25 heavy (non-hydrogen) atoms. The molecule has 0 spiro atoms.